The topological polar surface area (TPSA) is 128 Å². The van der Waals surface area contributed by atoms with E-state index < -0.39 is 12.5 Å². The number of hydrogen-bond donors (Lipinski definition) is 3. The van der Waals surface area contributed by atoms with Gasteiger partial charge < -0.3 is 29.2 Å². The maximum atomic E-state index is 14.0. The van der Waals surface area contributed by atoms with Crippen LogP contribution in [0.3, 0.4) is 0 Å². The smallest absolute Gasteiger partial charge is 0.245 e. The number of amides is 2. The van der Waals surface area contributed by atoms with Gasteiger partial charge in [0.25, 0.3) is 0 Å². The lowest BCUT2D eigenvalue weighted by Gasteiger charge is -2.34. The fourth-order valence-electron chi connectivity index (χ4n) is 7.61. The van der Waals surface area contributed by atoms with Gasteiger partial charge in [0.15, 0.2) is 6.79 Å². The molecular weight excluding hydrogens is 654 g/mol. The van der Waals surface area contributed by atoms with Gasteiger partial charge in [-0.3, -0.25) is 14.9 Å². The molecule has 268 valence electrons. The lowest BCUT2D eigenvalue weighted by molar-refractivity contribution is -0.335. The number of nitrogens with zero attached hydrogens (tertiary/aromatic N) is 4. The SMILES string of the molecule is CC(C)CC(=O)N1CCC[C@H]1c1ncc(-c2ccc(-c3ccc(-c4cnc([C@@H]5CCCN5C(=O)[C@H](NC5OCO5)c5ccccc5)[nH]4)cc3)cc2)[nH]1. The number of benzene rings is 3. The van der Waals surface area contributed by atoms with Crippen LogP contribution in [0.25, 0.3) is 33.6 Å². The van der Waals surface area contributed by atoms with E-state index >= 15 is 0 Å². The molecule has 0 saturated carbocycles. The third-order valence-corrected chi connectivity index (χ3v) is 10.4. The molecule has 0 spiro atoms. The molecule has 3 atom stereocenters. The second-order valence-corrected chi connectivity index (χ2v) is 14.3. The molecule has 3 fully saturated rings. The highest BCUT2D eigenvalue weighted by Crippen LogP contribution is 2.36. The molecule has 0 bridgehead atoms. The van der Waals surface area contributed by atoms with Gasteiger partial charge >= 0.3 is 0 Å². The Morgan fingerprint density at radius 1 is 0.750 bits per heavy atom. The van der Waals surface area contributed by atoms with Crippen LogP contribution in [-0.4, -0.2) is 67.8 Å². The molecule has 52 heavy (non-hydrogen) atoms. The van der Waals surface area contributed by atoms with E-state index in [0.29, 0.717) is 18.9 Å². The number of ether oxygens (including phenoxy) is 2. The van der Waals surface area contributed by atoms with Gasteiger partial charge in [0, 0.05) is 19.5 Å². The fraction of sp³-hybridized carbons (Fsp3) is 0.366. The number of rotatable bonds is 11. The van der Waals surface area contributed by atoms with Crippen molar-refractivity contribution >= 4 is 11.8 Å². The van der Waals surface area contributed by atoms with Gasteiger partial charge in [0.05, 0.1) is 35.9 Å². The molecule has 3 aliphatic rings. The van der Waals surface area contributed by atoms with E-state index in [1.807, 2.05) is 52.5 Å². The third-order valence-electron chi connectivity index (χ3n) is 10.4. The van der Waals surface area contributed by atoms with E-state index in [1.165, 1.54) is 0 Å². The van der Waals surface area contributed by atoms with E-state index in [1.54, 1.807) is 0 Å². The van der Waals surface area contributed by atoms with Crippen molar-refractivity contribution in [3.05, 3.63) is 108 Å². The van der Waals surface area contributed by atoms with E-state index in [2.05, 4.69) is 77.7 Å². The fourth-order valence-corrected chi connectivity index (χ4v) is 7.61. The lowest BCUT2D eigenvalue weighted by atomic mass is 10.0. The standard InChI is InChI=1S/C41H45N7O4/c1-26(2)22-36(49)47-20-6-10-34(47)38-42-23-32(44-38)29-16-12-27(13-17-29)28-14-18-30(19-15-28)33-24-43-39(45-33)35-11-7-21-48(35)40(50)37(46-41-51-25-52-41)31-8-4-3-5-9-31/h3-5,8-9,12-19,23-24,26,34-35,37,41,46H,6-7,10-11,20-22,25H2,1-2H3,(H,42,44)(H,43,45)/t34-,35-,37+/m0/s1. The summed E-state index contributed by atoms with van der Waals surface area (Å²) in [6.07, 6.45) is 7.37. The van der Waals surface area contributed by atoms with E-state index in [-0.39, 0.29) is 30.7 Å². The summed E-state index contributed by atoms with van der Waals surface area (Å²) in [4.78, 5) is 47.2. The lowest BCUT2D eigenvalue weighted by Crippen LogP contribution is -2.50. The van der Waals surface area contributed by atoms with Crippen molar-refractivity contribution in [3.63, 3.8) is 0 Å². The van der Waals surface area contributed by atoms with Crippen LogP contribution in [0, 0.1) is 5.92 Å². The molecule has 11 nitrogen and oxygen atoms in total. The number of likely N-dealkylation sites (tertiary alicyclic amines) is 2. The largest absolute Gasteiger partial charge is 0.340 e. The normalized spacial score (nSPS) is 19.7. The van der Waals surface area contributed by atoms with Gasteiger partial charge in [0.1, 0.15) is 17.7 Å². The molecule has 0 aliphatic carbocycles. The van der Waals surface area contributed by atoms with Crippen molar-refractivity contribution in [1.82, 2.24) is 35.1 Å². The Morgan fingerprint density at radius 3 is 1.79 bits per heavy atom. The molecule has 3 aromatic carbocycles. The van der Waals surface area contributed by atoms with Crippen molar-refractivity contribution in [2.45, 2.75) is 70.5 Å². The van der Waals surface area contributed by atoms with Crippen LogP contribution < -0.4 is 5.32 Å². The number of carbonyl (C=O) groups excluding carboxylic acids is 2. The summed E-state index contributed by atoms with van der Waals surface area (Å²) >= 11 is 0. The zero-order valence-electron chi connectivity index (χ0n) is 29.6. The van der Waals surface area contributed by atoms with Gasteiger partial charge in [-0.25, -0.2) is 9.97 Å². The maximum Gasteiger partial charge on any atom is 0.245 e. The van der Waals surface area contributed by atoms with Crippen LogP contribution in [0.2, 0.25) is 0 Å². The molecule has 5 aromatic rings. The first-order valence-corrected chi connectivity index (χ1v) is 18.4. The highest BCUT2D eigenvalue weighted by Gasteiger charge is 2.38. The van der Waals surface area contributed by atoms with Crippen LogP contribution in [-0.2, 0) is 19.1 Å². The first-order chi connectivity index (χ1) is 25.4. The van der Waals surface area contributed by atoms with Crippen molar-refractivity contribution in [3.8, 4) is 33.6 Å². The van der Waals surface area contributed by atoms with Gasteiger partial charge in [-0.05, 0) is 59.4 Å². The summed E-state index contributed by atoms with van der Waals surface area (Å²) < 4.78 is 10.8. The van der Waals surface area contributed by atoms with Crippen LogP contribution in [0.1, 0.15) is 81.3 Å². The summed E-state index contributed by atoms with van der Waals surface area (Å²) in [6.45, 7) is 5.84. The number of aromatic nitrogens is 4. The Kier molecular flexibility index (Phi) is 9.72. The van der Waals surface area contributed by atoms with Gasteiger partial charge in [-0.2, -0.15) is 0 Å². The Bertz CT molecular complexity index is 1990. The zero-order chi connectivity index (χ0) is 35.6. The molecule has 5 heterocycles. The number of imidazole rings is 2. The molecule has 0 unspecified atom stereocenters. The summed E-state index contributed by atoms with van der Waals surface area (Å²) in [7, 11) is 0. The Morgan fingerprint density at radius 2 is 1.27 bits per heavy atom. The first kappa shape index (κ1) is 34.0. The Hall–Kier alpha value is -5.10. The number of hydrogen-bond acceptors (Lipinski definition) is 7. The van der Waals surface area contributed by atoms with Crippen molar-refractivity contribution < 1.29 is 19.1 Å². The average Bonchev–Trinajstić information content (AvgIpc) is 3.98. The average molecular weight is 700 g/mol. The predicted molar refractivity (Wildman–Crippen MR) is 197 cm³/mol. The second-order valence-electron chi connectivity index (χ2n) is 14.3. The molecule has 3 aliphatic heterocycles. The van der Waals surface area contributed by atoms with Crippen LogP contribution >= 0.6 is 0 Å². The molecule has 2 aromatic heterocycles. The molecule has 3 N–H and O–H groups in total. The van der Waals surface area contributed by atoms with Crippen LogP contribution in [0.15, 0.2) is 91.3 Å². The molecule has 0 radical (unpaired) electrons. The van der Waals surface area contributed by atoms with Crippen molar-refractivity contribution in [2.75, 3.05) is 19.9 Å². The predicted octanol–water partition coefficient (Wildman–Crippen LogP) is 7.13. The summed E-state index contributed by atoms with van der Waals surface area (Å²) in [5.74, 6) is 2.17. The maximum absolute atomic E-state index is 14.0. The number of H-pyrrole nitrogens is 2. The summed E-state index contributed by atoms with van der Waals surface area (Å²) in [5.41, 5.74) is 7.02. The number of aromatic amines is 2. The minimum atomic E-state index is -0.600. The van der Waals surface area contributed by atoms with Crippen molar-refractivity contribution in [1.29, 1.82) is 0 Å². The quantitative estimate of drug-likeness (QED) is 0.134. The summed E-state index contributed by atoms with van der Waals surface area (Å²) in [5, 5.41) is 3.22. The molecule has 8 rings (SSSR count). The Labute approximate surface area is 303 Å². The van der Waals surface area contributed by atoms with Crippen LogP contribution in [0.5, 0.6) is 0 Å². The molecular formula is C41H45N7O4. The summed E-state index contributed by atoms with van der Waals surface area (Å²) in [6, 6.07) is 25.9. The molecule has 2 amide bonds. The number of nitrogens with one attached hydrogen (secondary N) is 3. The van der Waals surface area contributed by atoms with Gasteiger partial charge in [-0.1, -0.05) is 92.7 Å². The van der Waals surface area contributed by atoms with Crippen LogP contribution in [0.4, 0.5) is 0 Å². The highest BCUT2D eigenvalue weighted by molar-refractivity contribution is 5.84. The van der Waals surface area contributed by atoms with E-state index in [0.717, 1.165) is 83.1 Å². The minimum absolute atomic E-state index is 0.0142. The highest BCUT2D eigenvalue weighted by atomic mass is 16.9. The first-order valence-electron chi connectivity index (χ1n) is 18.4. The molecule has 11 heteroatoms. The monoisotopic (exact) mass is 699 g/mol. The molecule has 3 saturated heterocycles. The number of carbonyl (C=O) groups is 2. The van der Waals surface area contributed by atoms with Gasteiger partial charge in [0.2, 0.25) is 18.2 Å². The van der Waals surface area contributed by atoms with E-state index in [9.17, 15) is 9.59 Å². The van der Waals surface area contributed by atoms with Crippen molar-refractivity contribution in [2.24, 2.45) is 5.92 Å². The zero-order valence-corrected chi connectivity index (χ0v) is 29.6. The van der Waals surface area contributed by atoms with E-state index in [4.69, 9.17) is 19.4 Å². The van der Waals surface area contributed by atoms with Gasteiger partial charge in [-0.15, -0.1) is 0 Å². The third kappa shape index (κ3) is 7.04. The second kappa shape index (κ2) is 14.9. The Balaban J connectivity index is 0.929. The minimum Gasteiger partial charge on any atom is -0.340 e.